The molecule has 25 heavy (non-hydrogen) atoms. The number of carbonyl (C=O) groups excluding carboxylic acids is 2. The number of nitrogens with zero attached hydrogens (tertiary/aromatic N) is 2. The van der Waals surface area contributed by atoms with Crippen LogP contribution in [-0.2, 0) is 11.2 Å². The molecule has 0 aliphatic carbocycles. The van der Waals surface area contributed by atoms with E-state index in [4.69, 9.17) is 11.6 Å². The van der Waals surface area contributed by atoms with Gasteiger partial charge in [-0.25, -0.2) is 0 Å². The van der Waals surface area contributed by atoms with E-state index < -0.39 is 0 Å². The summed E-state index contributed by atoms with van der Waals surface area (Å²) in [5.74, 6) is 0.177. The summed E-state index contributed by atoms with van der Waals surface area (Å²) in [6, 6.07) is 16.9. The van der Waals surface area contributed by atoms with Gasteiger partial charge in [-0.1, -0.05) is 41.9 Å². The van der Waals surface area contributed by atoms with E-state index in [0.717, 1.165) is 5.56 Å². The molecule has 1 aliphatic heterocycles. The van der Waals surface area contributed by atoms with Crippen molar-refractivity contribution in [3.8, 4) is 0 Å². The SMILES string of the molecule is O=C(CCc1ccc(Cl)cc1)N1CCN(C(=O)c2ccccc2)CC1. The molecule has 0 bridgehead atoms. The van der Waals surface area contributed by atoms with Crippen LogP contribution in [0, 0.1) is 0 Å². The van der Waals surface area contributed by atoms with E-state index >= 15 is 0 Å². The largest absolute Gasteiger partial charge is 0.339 e. The van der Waals surface area contributed by atoms with Gasteiger partial charge in [0.25, 0.3) is 5.91 Å². The number of amides is 2. The normalized spacial score (nSPS) is 14.4. The molecule has 1 saturated heterocycles. The molecule has 0 N–H and O–H groups in total. The van der Waals surface area contributed by atoms with Crippen molar-refractivity contribution in [3.63, 3.8) is 0 Å². The van der Waals surface area contributed by atoms with E-state index in [1.807, 2.05) is 64.4 Å². The summed E-state index contributed by atoms with van der Waals surface area (Å²) < 4.78 is 0. The number of rotatable bonds is 4. The highest BCUT2D eigenvalue weighted by Gasteiger charge is 2.24. The van der Waals surface area contributed by atoms with Crippen LogP contribution in [0.2, 0.25) is 5.02 Å². The summed E-state index contributed by atoms with van der Waals surface area (Å²) in [7, 11) is 0. The highest BCUT2D eigenvalue weighted by atomic mass is 35.5. The second-order valence-electron chi connectivity index (χ2n) is 6.17. The predicted molar refractivity (Wildman–Crippen MR) is 98.7 cm³/mol. The molecular weight excluding hydrogens is 336 g/mol. The Hall–Kier alpha value is -2.33. The van der Waals surface area contributed by atoms with Crippen LogP contribution < -0.4 is 0 Å². The van der Waals surface area contributed by atoms with Crippen molar-refractivity contribution < 1.29 is 9.59 Å². The molecule has 5 heteroatoms. The highest BCUT2D eigenvalue weighted by molar-refractivity contribution is 6.30. The molecule has 2 aromatic rings. The lowest BCUT2D eigenvalue weighted by Crippen LogP contribution is -2.50. The van der Waals surface area contributed by atoms with Gasteiger partial charge < -0.3 is 9.80 Å². The molecule has 0 spiro atoms. The molecule has 3 rings (SSSR count). The minimum absolute atomic E-state index is 0.0360. The van der Waals surface area contributed by atoms with Gasteiger partial charge in [-0.05, 0) is 36.2 Å². The highest BCUT2D eigenvalue weighted by Crippen LogP contribution is 2.13. The Bertz CT molecular complexity index is 723. The zero-order valence-electron chi connectivity index (χ0n) is 14.0. The number of hydrogen-bond donors (Lipinski definition) is 0. The molecular formula is C20H21ClN2O2. The smallest absolute Gasteiger partial charge is 0.253 e. The van der Waals surface area contributed by atoms with Crippen molar-refractivity contribution in [3.05, 3.63) is 70.7 Å². The molecule has 1 aliphatic rings. The molecule has 0 unspecified atom stereocenters. The van der Waals surface area contributed by atoms with E-state index in [0.29, 0.717) is 49.6 Å². The third-order valence-electron chi connectivity index (χ3n) is 4.48. The number of hydrogen-bond acceptors (Lipinski definition) is 2. The standard InChI is InChI=1S/C20H21ClN2O2/c21-18-9-6-16(7-10-18)8-11-19(24)22-12-14-23(15-13-22)20(25)17-4-2-1-3-5-17/h1-7,9-10H,8,11-15H2. The summed E-state index contributed by atoms with van der Waals surface area (Å²) >= 11 is 5.87. The Balaban J connectivity index is 1.47. The lowest BCUT2D eigenvalue weighted by molar-refractivity contribution is -0.132. The maximum atomic E-state index is 12.4. The van der Waals surface area contributed by atoms with Crippen LogP contribution in [0.3, 0.4) is 0 Å². The van der Waals surface area contributed by atoms with Crippen LogP contribution in [0.1, 0.15) is 22.3 Å². The second-order valence-corrected chi connectivity index (χ2v) is 6.60. The Labute approximate surface area is 153 Å². The first-order chi connectivity index (χ1) is 12.1. The summed E-state index contributed by atoms with van der Waals surface area (Å²) in [5, 5.41) is 0.703. The monoisotopic (exact) mass is 356 g/mol. The summed E-state index contributed by atoms with van der Waals surface area (Å²) in [6.07, 6.45) is 1.19. The molecule has 2 aromatic carbocycles. The van der Waals surface area contributed by atoms with E-state index in [9.17, 15) is 9.59 Å². The Morgan fingerprint density at radius 3 is 2.08 bits per heavy atom. The number of piperazine rings is 1. The lowest BCUT2D eigenvalue weighted by Gasteiger charge is -2.35. The van der Waals surface area contributed by atoms with Gasteiger partial charge in [-0.3, -0.25) is 9.59 Å². The Morgan fingerprint density at radius 2 is 1.44 bits per heavy atom. The van der Waals surface area contributed by atoms with Crippen molar-refractivity contribution in [2.75, 3.05) is 26.2 Å². The number of halogens is 1. The zero-order valence-corrected chi connectivity index (χ0v) is 14.8. The average Bonchev–Trinajstić information content (AvgIpc) is 2.67. The number of benzene rings is 2. The van der Waals surface area contributed by atoms with Crippen LogP contribution >= 0.6 is 11.6 Å². The quantitative estimate of drug-likeness (QED) is 0.843. The molecule has 0 atom stereocenters. The minimum Gasteiger partial charge on any atom is -0.339 e. The number of aryl methyl sites for hydroxylation is 1. The van der Waals surface area contributed by atoms with E-state index in [1.54, 1.807) is 0 Å². The van der Waals surface area contributed by atoms with Gasteiger partial charge in [0.05, 0.1) is 0 Å². The van der Waals surface area contributed by atoms with E-state index in [2.05, 4.69) is 0 Å². The molecule has 1 fully saturated rings. The molecule has 0 aromatic heterocycles. The molecule has 2 amide bonds. The summed E-state index contributed by atoms with van der Waals surface area (Å²) in [5.41, 5.74) is 1.81. The first-order valence-electron chi connectivity index (χ1n) is 8.50. The van der Waals surface area contributed by atoms with Crippen molar-refractivity contribution in [1.29, 1.82) is 0 Å². The van der Waals surface area contributed by atoms with Gasteiger partial charge in [0.15, 0.2) is 0 Å². The Morgan fingerprint density at radius 1 is 0.840 bits per heavy atom. The van der Waals surface area contributed by atoms with Gasteiger partial charge in [0.1, 0.15) is 0 Å². The van der Waals surface area contributed by atoms with E-state index in [1.165, 1.54) is 0 Å². The van der Waals surface area contributed by atoms with Crippen LogP contribution in [0.4, 0.5) is 0 Å². The first kappa shape index (κ1) is 17.5. The second kappa shape index (κ2) is 8.17. The third kappa shape index (κ3) is 4.60. The molecule has 4 nitrogen and oxygen atoms in total. The van der Waals surface area contributed by atoms with Gasteiger partial charge in [0, 0.05) is 43.2 Å². The first-order valence-corrected chi connectivity index (χ1v) is 8.88. The zero-order chi connectivity index (χ0) is 17.6. The van der Waals surface area contributed by atoms with Crippen LogP contribution in [0.25, 0.3) is 0 Å². The molecule has 0 saturated carbocycles. The van der Waals surface area contributed by atoms with Gasteiger partial charge in [-0.15, -0.1) is 0 Å². The predicted octanol–water partition coefficient (Wildman–Crippen LogP) is 3.26. The van der Waals surface area contributed by atoms with Crippen LogP contribution in [0.15, 0.2) is 54.6 Å². The van der Waals surface area contributed by atoms with Gasteiger partial charge in [0.2, 0.25) is 5.91 Å². The van der Waals surface area contributed by atoms with Crippen molar-refractivity contribution >= 4 is 23.4 Å². The topological polar surface area (TPSA) is 40.6 Å². The fourth-order valence-electron chi connectivity index (χ4n) is 2.98. The number of carbonyl (C=O) groups is 2. The van der Waals surface area contributed by atoms with Crippen molar-refractivity contribution in [2.45, 2.75) is 12.8 Å². The molecule has 0 radical (unpaired) electrons. The summed E-state index contributed by atoms with van der Waals surface area (Å²) in [4.78, 5) is 28.5. The van der Waals surface area contributed by atoms with E-state index in [-0.39, 0.29) is 11.8 Å². The maximum absolute atomic E-state index is 12.4. The fourth-order valence-corrected chi connectivity index (χ4v) is 3.11. The third-order valence-corrected chi connectivity index (χ3v) is 4.73. The van der Waals surface area contributed by atoms with Gasteiger partial charge in [-0.2, -0.15) is 0 Å². The Kier molecular flexibility index (Phi) is 5.71. The average molecular weight is 357 g/mol. The molecule has 130 valence electrons. The minimum atomic E-state index is 0.0360. The maximum Gasteiger partial charge on any atom is 0.253 e. The van der Waals surface area contributed by atoms with Crippen molar-refractivity contribution in [2.24, 2.45) is 0 Å². The lowest BCUT2D eigenvalue weighted by atomic mass is 10.1. The van der Waals surface area contributed by atoms with Gasteiger partial charge >= 0.3 is 0 Å². The fraction of sp³-hybridized carbons (Fsp3) is 0.300. The molecule has 1 heterocycles. The summed E-state index contributed by atoms with van der Waals surface area (Å²) in [6.45, 7) is 2.36. The van der Waals surface area contributed by atoms with Crippen LogP contribution in [-0.4, -0.2) is 47.8 Å². The van der Waals surface area contributed by atoms with Crippen LogP contribution in [0.5, 0.6) is 0 Å². The van der Waals surface area contributed by atoms with Crippen molar-refractivity contribution in [1.82, 2.24) is 9.80 Å².